The first-order valence-electron chi connectivity index (χ1n) is 10.2. The highest BCUT2D eigenvalue weighted by Gasteiger charge is 2.32. The van der Waals surface area contributed by atoms with Crippen LogP contribution < -0.4 is 5.56 Å². The van der Waals surface area contributed by atoms with Crippen molar-refractivity contribution < 1.29 is 4.79 Å². The molecule has 2 aromatic rings. The molecule has 1 unspecified atom stereocenters. The lowest BCUT2D eigenvalue weighted by Gasteiger charge is -2.37. The second-order valence-electron chi connectivity index (χ2n) is 7.70. The van der Waals surface area contributed by atoms with Crippen LogP contribution in [0.4, 0.5) is 0 Å². The number of thioether (sulfide) groups is 1. The van der Waals surface area contributed by atoms with Crippen LogP contribution in [-0.2, 0) is 24.3 Å². The Morgan fingerprint density at radius 1 is 1.28 bits per heavy atom. The van der Waals surface area contributed by atoms with E-state index in [0.29, 0.717) is 18.7 Å². The molecule has 1 amide bonds. The minimum Gasteiger partial charge on any atom is -0.340 e. The molecule has 1 atom stereocenters. The summed E-state index contributed by atoms with van der Waals surface area (Å²) in [6.07, 6.45) is 4.35. The zero-order chi connectivity index (χ0) is 20.4. The number of aromatic nitrogens is 3. The zero-order valence-corrected chi connectivity index (χ0v) is 17.8. The summed E-state index contributed by atoms with van der Waals surface area (Å²) in [4.78, 5) is 39.0. The van der Waals surface area contributed by atoms with E-state index in [9.17, 15) is 9.59 Å². The number of aryl methyl sites for hydroxylation is 1. The molecule has 0 saturated carbocycles. The van der Waals surface area contributed by atoms with Gasteiger partial charge in [-0.2, -0.15) is 0 Å². The maximum atomic E-state index is 13.1. The number of amides is 1. The van der Waals surface area contributed by atoms with Crippen LogP contribution >= 0.6 is 11.8 Å². The standard InChI is InChI=1S/C21H27N5O2S/c1-3-18-15(2)23-21-26(20(18)28)13-17(14-29-21)19(27)25-9-7-24(8-10-25)12-16-5-4-6-22-11-16/h4-6,11,17H,3,7-10,12-14H2,1-2H3. The van der Waals surface area contributed by atoms with Gasteiger partial charge in [0.25, 0.3) is 5.56 Å². The average Bonchev–Trinajstić information content (AvgIpc) is 2.75. The van der Waals surface area contributed by atoms with E-state index in [1.54, 1.807) is 10.8 Å². The van der Waals surface area contributed by atoms with Crippen molar-refractivity contribution in [1.29, 1.82) is 0 Å². The van der Waals surface area contributed by atoms with Gasteiger partial charge in [0, 0.05) is 68.7 Å². The van der Waals surface area contributed by atoms with Crippen LogP contribution in [0.15, 0.2) is 34.5 Å². The fourth-order valence-corrected chi connectivity index (χ4v) is 5.20. The third-order valence-corrected chi connectivity index (χ3v) is 6.91. The quantitative estimate of drug-likeness (QED) is 0.709. The predicted octanol–water partition coefficient (Wildman–Crippen LogP) is 1.58. The molecule has 2 aliphatic heterocycles. The van der Waals surface area contributed by atoms with E-state index in [2.05, 4.69) is 20.9 Å². The van der Waals surface area contributed by atoms with Crippen molar-refractivity contribution >= 4 is 17.7 Å². The van der Waals surface area contributed by atoms with Crippen molar-refractivity contribution in [1.82, 2.24) is 24.3 Å². The topological polar surface area (TPSA) is 71.3 Å². The van der Waals surface area contributed by atoms with Crippen LogP contribution in [0.1, 0.15) is 23.7 Å². The summed E-state index contributed by atoms with van der Waals surface area (Å²) in [6.45, 7) is 8.35. The highest BCUT2D eigenvalue weighted by Crippen LogP contribution is 2.27. The summed E-state index contributed by atoms with van der Waals surface area (Å²) >= 11 is 1.53. The van der Waals surface area contributed by atoms with E-state index in [4.69, 9.17) is 0 Å². The number of fused-ring (bicyclic) bond motifs is 1. The summed E-state index contributed by atoms with van der Waals surface area (Å²) in [7, 11) is 0. The monoisotopic (exact) mass is 413 g/mol. The summed E-state index contributed by atoms with van der Waals surface area (Å²) < 4.78 is 1.71. The predicted molar refractivity (Wildman–Crippen MR) is 113 cm³/mol. The number of carbonyl (C=O) groups is 1. The van der Waals surface area contributed by atoms with Gasteiger partial charge in [-0.25, -0.2) is 4.98 Å². The van der Waals surface area contributed by atoms with Crippen LogP contribution in [0.2, 0.25) is 0 Å². The molecule has 1 fully saturated rings. The van der Waals surface area contributed by atoms with Crippen molar-refractivity contribution in [3.8, 4) is 0 Å². The minimum atomic E-state index is -0.163. The normalized spacial score (nSPS) is 19.8. The Hall–Kier alpha value is -2.19. The minimum absolute atomic E-state index is 0.0151. The van der Waals surface area contributed by atoms with E-state index >= 15 is 0 Å². The number of hydrogen-bond acceptors (Lipinski definition) is 6. The fraction of sp³-hybridized carbons (Fsp3) is 0.524. The summed E-state index contributed by atoms with van der Waals surface area (Å²) in [5.41, 5.74) is 2.78. The highest BCUT2D eigenvalue weighted by atomic mass is 32.2. The Kier molecular flexibility index (Phi) is 6.01. The smallest absolute Gasteiger partial charge is 0.257 e. The number of nitrogens with zero attached hydrogens (tertiary/aromatic N) is 5. The number of carbonyl (C=O) groups excluding carboxylic acids is 1. The van der Waals surface area contributed by atoms with E-state index in [1.807, 2.05) is 31.0 Å². The molecule has 0 spiro atoms. The average molecular weight is 414 g/mol. The first-order chi connectivity index (χ1) is 14.1. The molecule has 8 heteroatoms. The molecule has 7 nitrogen and oxygen atoms in total. The van der Waals surface area contributed by atoms with Crippen molar-refractivity contribution in [3.63, 3.8) is 0 Å². The molecule has 154 valence electrons. The fourth-order valence-electron chi connectivity index (χ4n) is 4.09. The highest BCUT2D eigenvalue weighted by molar-refractivity contribution is 7.99. The van der Waals surface area contributed by atoms with Crippen molar-refractivity contribution in [2.45, 2.75) is 38.5 Å². The maximum absolute atomic E-state index is 13.1. The van der Waals surface area contributed by atoms with Crippen LogP contribution in [0.3, 0.4) is 0 Å². The first kappa shape index (κ1) is 20.1. The Morgan fingerprint density at radius 3 is 2.76 bits per heavy atom. The molecule has 0 N–H and O–H groups in total. The molecule has 4 heterocycles. The van der Waals surface area contributed by atoms with E-state index < -0.39 is 0 Å². The van der Waals surface area contributed by atoms with Crippen LogP contribution in [0, 0.1) is 12.8 Å². The SMILES string of the molecule is CCc1c(C)nc2n(c1=O)CC(C(=O)N1CCN(Cc3cccnc3)CC1)CS2. The Morgan fingerprint density at radius 2 is 2.07 bits per heavy atom. The van der Waals surface area contributed by atoms with Gasteiger partial charge in [-0.1, -0.05) is 24.8 Å². The van der Waals surface area contributed by atoms with E-state index in [-0.39, 0.29) is 17.4 Å². The molecule has 0 bridgehead atoms. The van der Waals surface area contributed by atoms with Gasteiger partial charge in [0.2, 0.25) is 5.91 Å². The van der Waals surface area contributed by atoms with Crippen LogP contribution in [0.25, 0.3) is 0 Å². The maximum Gasteiger partial charge on any atom is 0.257 e. The lowest BCUT2D eigenvalue weighted by Crippen LogP contribution is -2.51. The van der Waals surface area contributed by atoms with Crippen LogP contribution in [0.5, 0.6) is 0 Å². The van der Waals surface area contributed by atoms with Crippen molar-refractivity contribution in [2.75, 3.05) is 31.9 Å². The molecule has 2 aliphatic rings. The van der Waals surface area contributed by atoms with Gasteiger partial charge in [-0.3, -0.25) is 24.0 Å². The molecule has 29 heavy (non-hydrogen) atoms. The molecule has 4 rings (SSSR count). The largest absolute Gasteiger partial charge is 0.340 e. The summed E-state index contributed by atoms with van der Waals surface area (Å²) in [5.74, 6) is 0.686. The van der Waals surface area contributed by atoms with Crippen LogP contribution in [-0.4, -0.2) is 62.2 Å². The van der Waals surface area contributed by atoms with Gasteiger partial charge in [0.05, 0.1) is 5.92 Å². The molecule has 2 aromatic heterocycles. The first-order valence-corrected chi connectivity index (χ1v) is 11.2. The van der Waals surface area contributed by atoms with Gasteiger partial charge < -0.3 is 4.90 Å². The Bertz CT molecular complexity index is 938. The molecule has 0 aromatic carbocycles. The lowest BCUT2D eigenvalue weighted by atomic mass is 10.1. The zero-order valence-electron chi connectivity index (χ0n) is 17.0. The summed E-state index contributed by atoms with van der Waals surface area (Å²) in [6, 6.07) is 4.04. The number of piperazine rings is 1. The Balaban J connectivity index is 1.38. The second-order valence-corrected chi connectivity index (χ2v) is 8.69. The summed E-state index contributed by atoms with van der Waals surface area (Å²) in [5, 5.41) is 0.745. The van der Waals surface area contributed by atoms with E-state index in [1.165, 1.54) is 17.3 Å². The van der Waals surface area contributed by atoms with Gasteiger partial charge >= 0.3 is 0 Å². The third kappa shape index (κ3) is 4.23. The lowest BCUT2D eigenvalue weighted by molar-refractivity contribution is -0.137. The third-order valence-electron chi connectivity index (χ3n) is 5.77. The molecular weight excluding hydrogens is 386 g/mol. The van der Waals surface area contributed by atoms with Gasteiger partial charge in [-0.05, 0) is 25.0 Å². The van der Waals surface area contributed by atoms with Crippen molar-refractivity contribution in [3.05, 3.63) is 51.7 Å². The van der Waals surface area contributed by atoms with Gasteiger partial charge in [0.15, 0.2) is 5.16 Å². The number of rotatable bonds is 4. The number of hydrogen-bond donors (Lipinski definition) is 0. The van der Waals surface area contributed by atoms with Gasteiger partial charge in [-0.15, -0.1) is 0 Å². The Labute approximate surface area is 175 Å². The molecule has 0 radical (unpaired) electrons. The molecular formula is C21H27N5O2S. The van der Waals surface area contributed by atoms with E-state index in [0.717, 1.165) is 49.1 Å². The molecule has 1 saturated heterocycles. The second kappa shape index (κ2) is 8.67. The van der Waals surface area contributed by atoms with Gasteiger partial charge in [0.1, 0.15) is 0 Å². The number of pyridine rings is 1. The molecule has 0 aliphatic carbocycles. The van der Waals surface area contributed by atoms with Crippen molar-refractivity contribution in [2.24, 2.45) is 5.92 Å².